The standard InChI is InChI=1S/C6H12N2S.ClH/c1-9(2)4-3-8-6(9)5-7;/h3-4H,5,7H2,1-2H3;1H. The molecule has 0 unspecified atom stereocenters. The Morgan fingerprint density at radius 2 is 2.20 bits per heavy atom. The smallest absolute Gasteiger partial charge is 0.0729 e. The molecule has 60 valence electrons. The van der Waals surface area contributed by atoms with E-state index in [1.165, 1.54) is 0 Å². The van der Waals surface area contributed by atoms with E-state index in [0.717, 1.165) is 5.04 Å². The highest BCUT2D eigenvalue weighted by Gasteiger charge is 2.17. The highest BCUT2D eigenvalue weighted by molar-refractivity contribution is 8.46. The molecule has 0 aromatic heterocycles. The van der Waals surface area contributed by atoms with Crippen LogP contribution in [-0.4, -0.2) is 24.1 Å². The molecule has 1 aliphatic rings. The topological polar surface area (TPSA) is 38.4 Å². The molecule has 1 aliphatic heterocycles. The molecule has 0 aromatic rings. The van der Waals surface area contributed by atoms with Gasteiger partial charge in [-0.15, -0.1) is 12.4 Å². The van der Waals surface area contributed by atoms with Gasteiger partial charge in [-0.05, 0) is 17.9 Å². The van der Waals surface area contributed by atoms with Gasteiger partial charge in [0, 0.05) is 12.7 Å². The highest BCUT2D eigenvalue weighted by Crippen LogP contribution is 2.45. The fourth-order valence-electron chi connectivity index (χ4n) is 0.748. The third-order valence-electron chi connectivity index (χ3n) is 1.40. The number of aliphatic imine (C=N–C) groups is 1. The fraction of sp³-hybridized carbons (Fsp3) is 0.500. The second kappa shape index (κ2) is 3.42. The molecule has 0 aliphatic carbocycles. The highest BCUT2D eigenvalue weighted by atomic mass is 35.5. The summed E-state index contributed by atoms with van der Waals surface area (Å²) >= 11 is 0. The second-order valence-corrected chi connectivity index (χ2v) is 5.97. The minimum absolute atomic E-state index is 0. The molecule has 0 atom stereocenters. The van der Waals surface area contributed by atoms with Crippen molar-refractivity contribution in [2.45, 2.75) is 0 Å². The van der Waals surface area contributed by atoms with E-state index >= 15 is 0 Å². The summed E-state index contributed by atoms with van der Waals surface area (Å²) in [5.41, 5.74) is 5.46. The summed E-state index contributed by atoms with van der Waals surface area (Å²) in [5.74, 6) is 0. The van der Waals surface area contributed by atoms with E-state index in [9.17, 15) is 0 Å². The van der Waals surface area contributed by atoms with Crippen molar-refractivity contribution >= 4 is 27.5 Å². The van der Waals surface area contributed by atoms with E-state index in [4.69, 9.17) is 5.73 Å². The van der Waals surface area contributed by atoms with Gasteiger partial charge in [-0.1, -0.05) is 0 Å². The Balaban J connectivity index is 0.000000810. The van der Waals surface area contributed by atoms with Crippen LogP contribution in [0.25, 0.3) is 0 Å². The number of nitrogens with two attached hydrogens (primary N) is 1. The van der Waals surface area contributed by atoms with Crippen LogP contribution in [0.3, 0.4) is 0 Å². The number of hydrogen-bond donors (Lipinski definition) is 1. The van der Waals surface area contributed by atoms with Crippen molar-refractivity contribution in [1.82, 2.24) is 0 Å². The lowest BCUT2D eigenvalue weighted by atomic mass is 10.7. The molecule has 0 bridgehead atoms. The zero-order valence-electron chi connectivity index (χ0n) is 6.20. The molecule has 2 N–H and O–H groups in total. The van der Waals surface area contributed by atoms with E-state index in [2.05, 4.69) is 22.9 Å². The third-order valence-corrected chi connectivity index (χ3v) is 3.69. The van der Waals surface area contributed by atoms with Gasteiger partial charge in [-0.2, -0.15) is 10.0 Å². The Morgan fingerprint density at radius 3 is 2.40 bits per heavy atom. The van der Waals surface area contributed by atoms with Crippen molar-refractivity contribution in [3.63, 3.8) is 0 Å². The molecule has 0 fully saturated rings. The molecule has 1 heterocycles. The predicted molar refractivity (Wildman–Crippen MR) is 52.3 cm³/mol. The first kappa shape index (κ1) is 10.0. The van der Waals surface area contributed by atoms with Crippen molar-refractivity contribution in [1.29, 1.82) is 0 Å². The van der Waals surface area contributed by atoms with Gasteiger partial charge in [0.25, 0.3) is 0 Å². The van der Waals surface area contributed by atoms with Gasteiger partial charge in [-0.3, -0.25) is 4.99 Å². The monoisotopic (exact) mass is 180 g/mol. The molecule has 0 saturated carbocycles. The normalized spacial score (nSPS) is 23.3. The van der Waals surface area contributed by atoms with Crippen molar-refractivity contribution in [2.75, 3.05) is 19.1 Å². The number of halogens is 1. The summed E-state index contributed by atoms with van der Waals surface area (Å²) in [6.07, 6.45) is 6.25. The van der Waals surface area contributed by atoms with Crippen molar-refractivity contribution in [3.05, 3.63) is 11.6 Å². The maximum atomic E-state index is 5.46. The Kier molecular flexibility index (Phi) is 3.42. The molecular formula is C6H13ClN2S. The van der Waals surface area contributed by atoms with Crippen LogP contribution in [0.2, 0.25) is 0 Å². The van der Waals surface area contributed by atoms with Gasteiger partial charge >= 0.3 is 0 Å². The maximum Gasteiger partial charge on any atom is 0.0729 e. The zero-order chi connectivity index (χ0) is 6.91. The minimum atomic E-state index is -0.693. The largest absolute Gasteiger partial charge is 0.325 e. The summed E-state index contributed by atoms with van der Waals surface area (Å²) in [5, 5.41) is 3.30. The molecule has 0 aromatic carbocycles. The zero-order valence-corrected chi connectivity index (χ0v) is 7.84. The summed E-state index contributed by atoms with van der Waals surface area (Å²) in [4.78, 5) is 4.16. The molecule has 4 heteroatoms. The summed E-state index contributed by atoms with van der Waals surface area (Å²) in [7, 11) is -0.693. The van der Waals surface area contributed by atoms with Gasteiger partial charge in [0.2, 0.25) is 0 Å². The van der Waals surface area contributed by atoms with E-state index in [1.54, 1.807) is 0 Å². The Labute approximate surface area is 69.3 Å². The summed E-state index contributed by atoms with van der Waals surface area (Å²) < 4.78 is 0. The average molecular weight is 181 g/mol. The lowest BCUT2D eigenvalue weighted by molar-refractivity contribution is 1.32. The second-order valence-electron chi connectivity index (χ2n) is 2.42. The maximum absolute atomic E-state index is 5.46. The number of rotatable bonds is 1. The predicted octanol–water partition coefficient (Wildman–Crippen LogP) is 1.31. The van der Waals surface area contributed by atoms with Gasteiger partial charge in [0.05, 0.1) is 5.04 Å². The molecule has 10 heavy (non-hydrogen) atoms. The molecule has 1 rings (SSSR count). The van der Waals surface area contributed by atoms with Crippen LogP contribution in [0.15, 0.2) is 16.6 Å². The van der Waals surface area contributed by atoms with E-state index in [0.29, 0.717) is 6.54 Å². The third kappa shape index (κ3) is 1.75. The van der Waals surface area contributed by atoms with Crippen LogP contribution in [0.1, 0.15) is 0 Å². The van der Waals surface area contributed by atoms with E-state index in [-0.39, 0.29) is 12.4 Å². The summed E-state index contributed by atoms with van der Waals surface area (Å²) in [6, 6.07) is 0. The Morgan fingerprint density at radius 1 is 1.60 bits per heavy atom. The van der Waals surface area contributed by atoms with Gasteiger partial charge in [0.15, 0.2) is 0 Å². The van der Waals surface area contributed by atoms with Gasteiger partial charge in [-0.25, -0.2) is 0 Å². The first-order valence-corrected chi connectivity index (χ1v) is 5.35. The first-order valence-electron chi connectivity index (χ1n) is 2.83. The first-order chi connectivity index (χ1) is 4.17. The molecule has 2 nitrogen and oxygen atoms in total. The summed E-state index contributed by atoms with van der Waals surface area (Å²) in [6.45, 7) is 0.606. The van der Waals surface area contributed by atoms with Gasteiger partial charge in [0.1, 0.15) is 0 Å². The fourth-order valence-corrected chi connectivity index (χ4v) is 2.03. The van der Waals surface area contributed by atoms with Crippen LogP contribution < -0.4 is 5.73 Å². The van der Waals surface area contributed by atoms with Crippen LogP contribution in [0, 0.1) is 0 Å². The molecule has 0 amide bonds. The Hall–Kier alpha value is 0.01000. The molecule has 0 radical (unpaired) electrons. The number of nitrogens with zero attached hydrogens (tertiary/aromatic N) is 1. The van der Waals surface area contributed by atoms with Crippen LogP contribution in [0.4, 0.5) is 0 Å². The Bertz CT molecular complexity index is 175. The van der Waals surface area contributed by atoms with Crippen molar-refractivity contribution < 1.29 is 0 Å². The van der Waals surface area contributed by atoms with Crippen LogP contribution in [-0.2, 0) is 0 Å². The van der Waals surface area contributed by atoms with Crippen LogP contribution in [0.5, 0.6) is 0 Å². The molecular weight excluding hydrogens is 168 g/mol. The van der Waals surface area contributed by atoms with E-state index in [1.807, 2.05) is 6.20 Å². The lowest BCUT2D eigenvalue weighted by Gasteiger charge is -2.23. The lowest BCUT2D eigenvalue weighted by Crippen LogP contribution is -2.16. The van der Waals surface area contributed by atoms with Crippen LogP contribution >= 0.6 is 22.4 Å². The number of hydrogen-bond acceptors (Lipinski definition) is 2. The quantitative estimate of drug-likeness (QED) is 0.650. The van der Waals surface area contributed by atoms with E-state index < -0.39 is 10.0 Å². The van der Waals surface area contributed by atoms with Crippen molar-refractivity contribution in [3.8, 4) is 0 Å². The minimum Gasteiger partial charge on any atom is -0.325 e. The SMILES string of the molecule is CS1(C)C=CN=C1CN.Cl. The van der Waals surface area contributed by atoms with Gasteiger partial charge < -0.3 is 5.73 Å². The van der Waals surface area contributed by atoms with Crippen molar-refractivity contribution in [2.24, 2.45) is 10.7 Å². The molecule has 0 spiro atoms. The molecule has 0 saturated heterocycles. The average Bonchev–Trinajstić information content (AvgIpc) is 2.08.